The van der Waals surface area contributed by atoms with Gasteiger partial charge in [-0.3, -0.25) is 0 Å². The molecule has 24 heavy (non-hydrogen) atoms. The van der Waals surface area contributed by atoms with Crippen molar-refractivity contribution in [3.63, 3.8) is 0 Å². The fourth-order valence-electron chi connectivity index (χ4n) is 2.29. The Labute approximate surface area is 158 Å². The predicted octanol–water partition coefficient (Wildman–Crippen LogP) is 4.72. The molecule has 130 valence electrons. The number of fused-ring (bicyclic) bond motifs is 3. The second-order valence-electron chi connectivity index (χ2n) is 5.01. The third-order valence-corrected chi connectivity index (χ3v) is 4.59. The van der Waals surface area contributed by atoms with Crippen LogP contribution in [0, 0.1) is 6.92 Å². The summed E-state index contributed by atoms with van der Waals surface area (Å²) in [5.41, 5.74) is 2.93. The van der Waals surface area contributed by atoms with Gasteiger partial charge < -0.3 is 9.47 Å². The SMILES string of the molecule is CC.CCOC(=O)c1cc2n(n1)-c1cc(C)ccc1OCC2(Br)Br. The largest absolute Gasteiger partial charge is 0.489 e. The van der Waals surface area contributed by atoms with Crippen molar-refractivity contribution in [3.05, 3.63) is 41.2 Å². The first kappa shape index (κ1) is 19.0. The molecule has 1 aromatic heterocycles. The number of hydrogen-bond donors (Lipinski definition) is 0. The van der Waals surface area contributed by atoms with Crippen LogP contribution < -0.4 is 4.74 Å². The van der Waals surface area contributed by atoms with Crippen LogP contribution in [-0.2, 0) is 7.97 Å². The van der Waals surface area contributed by atoms with Gasteiger partial charge in [0.1, 0.15) is 18.0 Å². The van der Waals surface area contributed by atoms with Crippen molar-refractivity contribution in [3.8, 4) is 11.4 Å². The molecule has 0 saturated carbocycles. The Bertz CT molecular complexity index is 741. The van der Waals surface area contributed by atoms with Crippen LogP contribution in [0.25, 0.3) is 5.69 Å². The first-order chi connectivity index (χ1) is 11.4. The van der Waals surface area contributed by atoms with E-state index in [4.69, 9.17) is 9.47 Å². The molecule has 0 spiro atoms. The second kappa shape index (κ2) is 7.70. The van der Waals surface area contributed by atoms with Gasteiger partial charge in [0.05, 0.1) is 12.3 Å². The Kier molecular flexibility index (Phi) is 6.09. The molecule has 2 aromatic rings. The van der Waals surface area contributed by atoms with Crippen molar-refractivity contribution in [1.82, 2.24) is 9.78 Å². The Balaban J connectivity index is 0.00000100. The number of carbonyl (C=O) groups is 1. The van der Waals surface area contributed by atoms with Crippen LogP contribution in [0.15, 0.2) is 24.3 Å². The molecule has 2 heterocycles. The molecule has 0 atom stereocenters. The Morgan fingerprint density at radius 3 is 2.75 bits per heavy atom. The Morgan fingerprint density at radius 2 is 2.08 bits per heavy atom. The Morgan fingerprint density at radius 1 is 1.38 bits per heavy atom. The molecule has 0 fully saturated rings. The first-order valence-electron chi connectivity index (χ1n) is 7.81. The lowest BCUT2D eigenvalue weighted by Gasteiger charge is -2.17. The molecule has 7 heteroatoms. The summed E-state index contributed by atoms with van der Waals surface area (Å²) in [7, 11) is 0. The highest BCUT2D eigenvalue weighted by atomic mass is 79.9. The zero-order valence-electron chi connectivity index (χ0n) is 14.1. The van der Waals surface area contributed by atoms with Crippen LogP contribution in [0.3, 0.4) is 0 Å². The van der Waals surface area contributed by atoms with Crippen LogP contribution in [0.4, 0.5) is 0 Å². The van der Waals surface area contributed by atoms with Gasteiger partial charge in [-0.05, 0) is 37.6 Å². The zero-order valence-corrected chi connectivity index (χ0v) is 17.3. The van der Waals surface area contributed by atoms with E-state index >= 15 is 0 Å². The van der Waals surface area contributed by atoms with E-state index in [0.717, 1.165) is 16.9 Å². The molecule has 3 rings (SSSR count). The van der Waals surface area contributed by atoms with Gasteiger partial charge in [0.2, 0.25) is 0 Å². The van der Waals surface area contributed by atoms with E-state index in [1.54, 1.807) is 17.7 Å². The maximum absolute atomic E-state index is 12.0. The number of nitrogens with zero attached hydrogens (tertiary/aromatic N) is 2. The number of aryl methyl sites for hydroxylation is 1. The summed E-state index contributed by atoms with van der Waals surface area (Å²) < 4.78 is 12.0. The third-order valence-electron chi connectivity index (χ3n) is 3.32. The highest BCUT2D eigenvalue weighted by Crippen LogP contribution is 2.43. The van der Waals surface area contributed by atoms with Crippen molar-refractivity contribution >= 4 is 37.8 Å². The van der Waals surface area contributed by atoms with Crippen molar-refractivity contribution in [1.29, 1.82) is 0 Å². The molecule has 5 nitrogen and oxygen atoms in total. The lowest BCUT2D eigenvalue weighted by atomic mass is 10.2. The number of aromatic nitrogens is 2. The lowest BCUT2D eigenvalue weighted by Crippen LogP contribution is -2.19. The summed E-state index contributed by atoms with van der Waals surface area (Å²) >= 11 is 7.20. The van der Waals surface area contributed by atoms with E-state index in [9.17, 15) is 4.79 Å². The van der Waals surface area contributed by atoms with Crippen LogP contribution in [0.1, 0.15) is 42.5 Å². The van der Waals surface area contributed by atoms with Gasteiger partial charge in [0, 0.05) is 0 Å². The summed E-state index contributed by atoms with van der Waals surface area (Å²) in [5, 5.41) is 4.41. The number of benzene rings is 1. The molecule has 0 bridgehead atoms. The normalized spacial score (nSPS) is 14.2. The fourth-order valence-corrected chi connectivity index (χ4v) is 3.08. The number of carbonyl (C=O) groups excluding carboxylic acids is 1. The first-order valence-corrected chi connectivity index (χ1v) is 9.40. The number of esters is 1. The Hall–Kier alpha value is -1.34. The van der Waals surface area contributed by atoms with Gasteiger partial charge in [-0.15, -0.1) is 0 Å². The zero-order chi connectivity index (χ0) is 17.9. The third kappa shape index (κ3) is 3.67. The number of alkyl halides is 2. The van der Waals surface area contributed by atoms with Crippen molar-refractivity contribution in [2.75, 3.05) is 13.2 Å². The summed E-state index contributed by atoms with van der Waals surface area (Å²) in [4.78, 5) is 12.0. The van der Waals surface area contributed by atoms with Gasteiger partial charge in [0.25, 0.3) is 0 Å². The van der Waals surface area contributed by atoms with Crippen LogP contribution >= 0.6 is 31.9 Å². The summed E-state index contributed by atoms with van der Waals surface area (Å²) in [5.74, 6) is 0.278. The molecule has 1 aliphatic rings. The standard InChI is InChI=1S/C15H14Br2N2O3.C2H6/c1-3-21-14(20)10-7-13-15(16,17)8-22-12-5-4-9(2)6-11(12)19(13)18-10;1-2/h4-7H,3,8H2,1-2H3;1-2H3. The average Bonchev–Trinajstić information content (AvgIpc) is 2.98. The predicted molar refractivity (Wildman–Crippen MR) is 101 cm³/mol. The number of rotatable bonds is 2. The van der Waals surface area contributed by atoms with Gasteiger partial charge in [0.15, 0.2) is 8.93 Å². The maximum Gasteiger partial charge on any atom is 0.358 e. The minimum Gasteiger partial charge on any atom is -0.489 e. The van der Waals surface area contributed by atoms with Crippen LogP contribution in [0.2, 0.25) is 0 Å². The summed E-state index contributed by atoms with van der Waals surface area (Å²) in [6.45, 7) is 8.44. The van der Waals surface area contributed by atoms with Gasteiger partial charge in [-0.2, -0.15) is 5.10 Å². The molecule has 1 aromatic carbocycles. The van der Waals surface area contributed by atoms with Crippen molar-refractivity contribution in [2.24, 2.45) is 0 Å². The number of halogens is 2. The molecule has 0 N–H and O–H groups in total. The van der Waals surface area contributed by atoms with Crippen molar-refractivity contribution < 1.29 is 14.3 Å². The van der Waals surface area contributed by atoms with E-state index < -0.39 is 9.20 Å². The minimum atomic E-state index is -0.634. The molecular weight excluding hydrogens is 440 g/mol. The molecule has 0 amide bonds. The average molecular weight is 460 g/mol. The highest BCUT2D eigenvalue weighted by Gasteiger charge is 2.36. The van der Waals surface area contributed by atoms with Gasteiger partial charge in [-0.1, -0.05) is 51.8 Å². The van der Waals surface area contributed by atoms with Gasteiger partial charge >= 0.3 is 5.97 Å². The molecule has 0 unspecified atom stereocenters. The smallest absolute Gasteiger partial charge is 0.358 e. The van der Waals surface area contributed by atoms with E-state index in [-0.39, 0.29) is 5.69 Å². The number of ether oxygens (including phenoxy) is 2. The van der Waals surface area contributed by atoms with E-state index in [2.05, 4.69) is 37.0 Å². The highest BCUT2D eigenvalue weighted by molar-refractivity contribution is 9.24. The van der Waals surface area contributed by atoms with Crippen molar-refractivity contribution in [2.45, 2.75) is 30.9 Å². The summed E-state index contributed by atoms with van der Waals surface area (Å²) in [6, 6.07) is 7.57. The monoisotopic (exact) mass is 458 g/mol. The second-order valence-corrected chi connectivity index (χ2v) is 8.78. The van der Waals surface area contributed by atoms with Crippen LogP contribution in [-0.4, -0.2) is 29.0 Å². The molecule has 1 aliphatic heterocycles. The lowest BCUT2D eigenvalue weighted by molar-refractivity contribution is 0.0519. The van der Waals surface area contributed by atoms with E-state index in [1.807, 2.05) is 39.0 Å². The molecule has 0 radical (unpaired) electrons. The van der Waals surface area contributed by atoms with Gasteiger partial charge in [-0.25, -0.2) is 9.48 Å². The summed E-state index contributed by atoms with van der Waals surface area (Å²) in [6.07, 6.45) is 0. The van der Waals surface area contributed by atoms with E-state index in [1.165, 1.54) is 0 Å². The van der Waals surface area contributed by atoms with Crippen LogP contribution in [0.5, 0.6) is 5.75 Å². The molecule has 0 aliphatic carbocycles. The van der Waals surface area contributed by atoms with E-state index in [0.29, 0.717) is 19.0 Å². The number of hydrogen-bond acceptors (Lipinski definition) is 4. The molecular formula is C17H20Br2N2O3. The topological polar surface area (TPSA) is 53.4 Å². The minimum absolute atomic E-state index is 0.273. The fraction of sp³-hybridized carbons (Fsp3) is 0.412. The maximum atomic E-state index is 12.0. The molecule has 0 saturated heterocycles. The quantitative estimate of drug-likeness (QED) is 0.481.